The van der Waals surface area contributed by atoms with Gasteiger partial charge in [0.1, 0.15) is 0 Å². The highest BCUT2D eigenvalue weighted by Crippen LogP contribution is 2.31. The lowest BCUT2D eigenvalue weighted by molar-refractivity contribution is 0.177. The lowest BCUT2D eigenvalue weighted by atomic mass is 9.88. The molecule has 0 spiro atoms. The molecule has 0 aromatic heterocycles. The molecule has 1 aliphatic rings. The van der Waals surface area contributed by atoms with Crippen molar-refractivity contribution >= 4 is 0 Å². The Hall–Kier alpha value is -0.860. The van der Waals surface area contributed by atoms with E-state index in [1.165, 1.54) is 23.1 Å². The summed E-state index contributed by atoms with van der Waals surface area (Å²) in [5.74, 6) is 0.621. The number of rotatable bonds is 4. The van der Waals surface area contributed by atoms with Gasteiger partial charge in [-0.2, -0.15) is 0 Å². The fraction of sp³-hybridized carbons (Fsp3) is 0.600. The van der Waals surface area contributed by atoms with Crippen molar-refractivity contribution in [2.45, 2.75) is 33.2 Å². The van der Waals surface area contributed by atoms with E-state index in [1.54, 1.807) is 0 Å². The third-order valence-electron chi connectivity index (χ3n) is 3.84. The molecular formula is C15H23NO. The van der Waals surface area contributed by atoms with Crippen molar-refractivity contribution in [2.75, 3.05) is 19.8 Å². The largest absolute Gasteiger partial charge is 0.381 e. The van der Waals surface area contributed by atoms with Gasteiger partial charge in [0, 0.05) is 18.6 Å². The van der Waals surface area contributed by atoms with E-state index in [0.29, 0.717) is 12.0 Å². The predicted octanol–water partition coefficient (Wildman–Crippen LogP) is 2.99. The van der Waals surface area contributed by atoms with Crippen LogP contribution < -0.4 is 5.32 Å². The van der Waals surface area contributed by atoms with Crippen molar-refractivity contribution < 1.29 is 4.74 Å². The third kappa shape index (κ3) is 2.70. The first-order valence-electron chi connectivity index (χ1n) is 6.61. The predicted molar refractivity (Wildman–Crippen MR) is 71.3 cm³/mol. The van der Waals surface area contributed by atoms with Gasteiger partial charge in [-0.3, -0.25) is 0 Å². The molecule has 1 N–H and O–H groups in total. The first kappa shape index (κ1) is 12.6. The van der Waals surface area contributed by atoms with Gasteiger partial charge >= 0.3 is 0 Å². The van der Waals surface area contributed by atoms with Crippen LogP contribution in [0.5, 0.6) is 0 Å². The molecule has 1 aliphatic heterocycles. The summed E-state index contributed by atoms with van der Waals surface area (Å²) in [6.45, 7) is 9.41. The van der Waals surface area contributed by atoms with E-state index in [0.717, 1.165) is 19.8 Å². The van der Waals surface area contributed by atoms with Gasteiger partial charge in [-0.15, -0.1) is 0 Å². The van der Waals surface area contributed by atoms with Crippen LogP contribution in [0.15, 0.2) is 18.2 Å². The molecule has 2 nitrogen and oxygen atoms in total. The quantitative estimate of drug-likeness (QED) is 0.863. The summed E-state index contributed by atoms with van der Waals surface area (Å²) in [7, 11) is 0. The number of hydrogen-bond donors (Lipinski definition) is 1. The van der Waals surface area contributed by atoms with Crippen LogP contribution in [0.3, 0.4) is 0 Å². The van der Waals surface area contributed by atoms with Gasteiger partial charge in [0.05, 0.1) is 6.61 Å². The summed E-state index contributed by atoms with van der Waals surface area (Å²) in [5, 5.41) is 3.63. The van der Waals surface area contributed by atoms with Crippen LogP contribution in [-0.4, -0.2) is 19.8 Å². The molecule has 1 saturated heterocycles. The van der Waals surface area contributed by atoms with Crippen molar-refractivity contribution in [1.29, 1.82) is 0 Å². The summed E-state index contributed by atoms with van der Waals surface area (Å²) < 4.78 is 5.54. The molecule has 94 valence electrons. The zero-order valence-corrected chi connectivity index (χ0v) is 11.1. The Morgan fingerprint density at radius 1 is 1.41 bits per heavy atom. The van der Waals surface area contributed by atoms with Crippen LogP contribution >= 0.6 is 0 Å². The summed E-state index contributed by atoms with van der Waals surface area (Å²) in [6, 6.07) is 7.06. The Bertz CT molecular complexity index is 369. The highest BCUT2D eigenvalue weighted by atomic mass is 16.5. The number of ether oxygens (including phenoxy) is 1. The van der Waals surface area contributed by atoms with Crippen LogP contribution in [0.1, 0.15) is 36.1 Å². The summed E-state index contributed by atoms with van der Waals surface area (Å²) >= 11 is 0. The number of benzene rings is 1. The summed E-state index contributed by atoms with van der Waals surface area (Å²) in [4.78, 5) is 0. The highest BCUT2D eigenvalue weighted by Gasteiger charge is 2.27. The van der Waals surface area contributed by atoms with Crippen molar-refractivity contribution in [3.63, 3.8) is 0 Å². The van der Waals surface area contributed by atoms with E-state index >= 15 is 0 Å². The maximum absolute atomic E-state index is 5.54. The Labute approximate surface area is 104 Å². The second kappa shape index (κ2) is 5.65. The van der Waals surface area contributed by atoms with Gasteiger partial charge in [-0.1, -0.05) is 25.1 Å². The van der Waals surface area contributed by atoms with Crippen LogP contribution in [0.4, 0.5) is 0 Å². The highest BCUT2D eigenvalue weighted by molar-refractivity contribution is 5.35. The zero-order valence-electron chi connectivity index (χ0n) is 11.1. The Kier molecular flexibility index (Phi) is 4.19. The van der Waals surface area contributed by atoms with E-state index in [2.05, 4.69) is 44.3 Å². The van der Waals surface area contributed by atoms with Gasteiger partial charge in [-0.25, -0.2) is 0 Å². The van der Waals surface area contributed by atoms with E-state index < -0.39 is 0 Å². The molecule has 0 aliphatic carbocycles. The fourth-order valence-corrected chi connectivity index (χ4v) is 2.68. The van der Waals surface area contributed by atoms with Crippen LogP contribution in [0, 0.1) is 19.8 Å². The first-order valence-corrected chi connectivity index (χ1v) is 6.61. The van der Waals surface area contributed by atoms with E-state index in [4.69, 9.17) is 4.74 Å². The molecule has 0 radical (unpaired) electrons. The molecule has 0 amide bonds. The standard InChI is InChI=1S/C15H23NO/c1-4-16-15(13-8-9-17-10-13)14-7-5-6-11(2)12(14)3/h5-7,13,15-16H,4,8-10H2,1-3H3. The summed E-state index contributed by atoms with van der Waals surface area (Å²) in [5.41, 5.74) is 4.25. The van der Waals surface area contributed by atoms with Gasteiger partial charge in [0.15, 0.2) is 0 Å². The summed E-state index contributed by atoms with van der Waals surface area (Å²) in [6.07, 6.45) is 1.17. The van der Waals surface area contributed by atoms with Gasteiger partial charge < -0.3 is 10.1 Å². The van der Waals surface area contributed by atoms with E-state index in [1.807, 2.05) is 0 Å². The maximum Gasteiger partial charge on any atom is 0.0513 e. The van der Waals surface area contributed by atoms with Gasteiger partial charge in [0.2, 0.25) is 0 Å². The molecule has 0 saturated carbocycles. The average molecular weight is 233 g/mol. The minimum atomic E-state index is 0.447. The zero-order chi connectivity index (χ0) is 12.3. The van der Waals surface area contributed by atoms with Crippen LogP contribution in [0.2, 0.25) is 0 Å². The third-order valence-corrected chi connectivity index (χ3v) is 3.84. The molecule has 1 aromatic rings. The van der Waals surface area contributed by atoms with Crippen molar-refractivity contribution in [3.8, 4) is 0 Å². The minimum absolute atomic E-state index is 0.447. The normalized spacial score (nSPS) is 21.7. The maximum atomic E-state index is 5.54. The van der Waals surface area contributed by atoms with Crippen LogP contribution in [-0.2, 0) is 4.74 Å². The average Bonchev–Trinajstić information content (AvgIpc) is 2.84. The number of nitrogens with one attached hydrogen (secondary N) is 1. The molecule has 2 atom stereocenters. The molecule has 1 fully saturated rings. The van der Waals surface area contributed by atoms with Crippen molar-refractivity contribution in [1.82, 2.24) is 5.32 Å². The molecule has 17 heavy (non-hydrogen) atoms. The topological polar surface area (TPSA) is 21.3 Å². The molecule has 2 heteroatoms. The van der Waals surface area contributed by atoms with Crippen LogP contribution in [0.25, 0.3) is 0 Å². The Morgan fingerprint density at radius 3 is 2.88 bits per heavy atom. The smallest absolute Gasteiger partial charge is 0.0513 e. The monoisotopic (exact) mass is 233 g/mol. The fourth-order valence-electron chi connectivity index (χ4n) is 2.68. The molecule has 2 unspecified atom stereocenters. The second-order valence-corrected chi connectivity index (χ2v) is 4.95. The molecule has 1 aromatic carbocycles. The second-order valence-electron chi connectivity index (χ2n) is 4.95. The molecule has 0 bridgehead atoms. The Morgan fingerprint density at radius 2 is 2.24 bits per heavy atom. The lowest BCUT2D eigenvalue weighted by Gasteiger charge is -2.26. The number of hydrogen-bond acceptors (Lipinski definition) is 2. The first-order chi connectivity index (χ1) is 8.24. The van der Waals surface area contributed by atoms with E-state index in [9.17, 15) is 0 Å². The van der Waals surface area contributed by atoms with Crippen molar-refractivity contribution in [3.05, 3.63) is 34.9 Å². The van der Waals surface area contributed by atoms with Crippen molar-refractivity contribution in [2.24, 2.45) is 5.92 Å². The molecule has 2 rings (SSSR count). The minimum Gasteiger partial charge on any atom is -0.381 e. The molecular weight excluding hydrogens is 210 g/mol. The number of aryl methyl sites for hydroxylation is 1. The molecule has 1 heterocycles. The Balaban J connectivity index is 2.27. The van der Waals surface area contributed by atoms with Gasteiger partial charge in [-0.05, 0) is 43.5 Å². The lowest BCUT2D eigenvalue weighted by Crippen LogP contribution is -2.29. The SMILES string of the molecule is CCNC(c1cccc(C)c1C)C1CCOC1. The van der Waals surface area contributed by atoms with E-state index in [-0.39, 0.29) is 0 Å². The van der Waals surface area contributed by atoms with Gasteiger partial charge in [0.25, 0.3) is 0 Å².